The molecule has 0 aromatic heterocycles. The van der Waals surface area contributed by atoms with Crippen LogP contribution in [0.3, 0.4) is 0 Å². The normalized spacial score (nSPS) is 25.0. The summed E-state index contributed by atoms with van der Waals surface area (Å²) in [4.78, 5) is 15.0. The lowest BCUT2D eigenvalue weighted by Gasteiger charge is -2.27. The van der Waals surface area contributed by atoms with Gasteiger partial charge in [-0.1, -0.05) is 38.1 Å². The minimum atomic E-state index is 0.167. The van der Waals surface area contributed by atoms with Crippen molar-refractivity contribution >= 4 is 5.91 Å². The van der Waals surface area contributed by atoms with Gasteiger partial charge in [0.25, 0.3) is 0 Å². The molecule has 0 spiro atoms. The second-order valence-electron chi connectivity index (χ2n) is 6.61. The van der Waals surface area contributed by atoms with Crippen molar-refractivity contribution in [2.45, 2.75) is 45.7 Å². The smallest absolute Gasteiger partial charge is 0.227 e. The topological polar surface area (TPSA) is 32.3 Å². The van der Waals surface area contributed by atoms with E-state index < -0.39 is 0 Å². The molecule has 2 unspecified atom stereocenters. The van der Waals surface area contributed by atoms with Crippen LogP contribution in [0.2, 0.25) is 0 Å². The van der Waals surface area contributed by atoms with Gasteiger partial charge in [-0.3, -0.25) is 4.79 Å². The number of hydrogen-bond acceptors (Lipinski definition) is 2. The van der Waals surface area contributed by atoms with Gasteiger partial charge in [0.2, 0.25) is 5.91 Å². The van der Waals surface area contributed by atoms with Gasteiger partial charge in [-0.15, -0.1) is 0 Å². The third kappa shape index (κ3) is 3.29. The van der Waals surface area contributed by atoms with Crippen molar-refractivity contribution < 1.29 is 4.79 Å². The maximum absolute atomic E-state index is 12.9. The van der Waals surface area contributed by atoms with Crippen LogP contribution in [0.5, 0.6) is 0 Å². The number of hydrogen-bond donors (Lipinski definition) is 1. The van der Waals surface area contributed by atoms with Gasteiger partial charge in [0.1, 0.15) is 0 Å². The van der Waals surface area contributed by atoms with Crippen LogP contribution in [0.4, 0.5) is 0 Å². The summed E-state index contributed by atoms with van der Waals surface area (Å²) in [7, 11) is 0. The third-order valence-corrected chi connectivity index (χ3v) is 4.89. The summed E-state index contributed by atoms with van der Waals surface area (Å²) >= 11 is 0. The Labute approximate surface area is 127 Å². The van der Waals surface area contributed by atoms with Gasteiger partial charge in [0.15, 0.2) is 0 Å². The van der Waals surface area contributed by atoms with E-state index in [1.807, 2.05) is 0 Å². The summed E-state index contributed by atoms with van der Waals surface area (Å²) < 4.78 is 0. The van der Waals surface area contributed by atoms with E-state index in [9.17, 15) is 4.79 Å². The molecule has 21 heavy (non-hydrogen) atoms. The van der Waals surface area contributed by atoms with Crippen LogP contribution >= 0.6 is 0 Å². The SMILES string of the molecule is CCc1ccc(CN(C(=O)C2CNCC2C)C2CC2)cc1. The second kappa shape index (κ2) is 6.18. The predicted molar refractivity (Wildman–Crippen MR) is 84.9 cm³/mol. The van der Waals surface area contributed by atoms with Gasteiger partial charge in [-0.05, 0) is 42.9 Å². The monoisotopic (exact) mass is 286 g/mol. The van der Waals surface area contributed by atoms with E-state index in [-0.39, 0.29) is 5.92 Å². The zero-order chi connectivity index (χ0) is 14.8. The van der Waals surface area contributed by atoms with Crippen LogP contribution in [0.1, 0.15) is 37.8 Å². The molecule has 1 heterocycles. The lowest BCUT2D eigenvalue weighted by atomic mass is 9.96. The van der Waals surface area contributed by atoms with E-state index in [0.29, 0.717) is 17.9 Å². The zero-order valence-electron chi connectivity index (χ0n) is 13.1. The Hall–Kier alpha value is -1.35. The minimum absolute atomic E-state index is 0.167. The number of benzene rings is 1. The van der Waals surface area contributed by atoms with E-state index in [4.69, 9.17) is 0 Å². The first-order valence-electron chi connectivity index (χ1n) is 8.28. The molecule has 2 atom stereocenters. The molecule has 2 aliphatic rings. The summed E-state index contributed by atoms with van der Waals surface area (Å²) in [6.07, 6.45) is 3.41. The fraction of sp³-hybridized carbons (Fsp3) is 0.611. The molecule has 3 heteroatoms. The molecule has 0 radical (unpaired) electrons. The van der Waals surface area contributed by atoms with E-state index in [1.54, 1.807) is 0 Å². The summed E-state index contributed by atoms with van der Waals surface area (Å²) in [6, 6.07) is 9.21. The van der Waals surface area contributed by atoms with Crippen molar-refractivity contribution in [3.8, 4) is 0 Å². The van der Waals surface area contributed by atoms with Crippen molar-refractivity contribution in [3.05, 3.63) is 35.4 Å². The highest BCUT2D eigenvalue weighted by atomic mass is 16.2. The first-order chi connectivity index (χ1) is 10.2. The number of aryl methyl sites for hydroxylation is 1. The second-order valence-corrected chi connectivity index (χ2v) is 6.61. The number of amides is 1. The van der Waals surface area contributed by atoms with Crippen molar-refractivity contribution in [2.75, 3.05) is 13.1 Å². The minimum Gasteiger partial charge on any atom is -0.335 e. The van der Waals surface area contributed by atoms with Crippen LogP contribution < -0.4 is 5.32 Å². The highest BCUT2D eigenvalue weighted by molar-refractivity contribution is 5.80. The number of rotatable bonds is 5. The molecule has 1 saturated carbocycles. The fourth-order valence-electron chi connectivity index (χ4n) is 3.20. The molecule has 1 aromatic rings. The highest BCUT2D eigenvalue weighted by Crippen LogP contribution is 2.31. The standard InChI is InChI=1S/C18H26N2O/c1-3-14-4-6-15(7-5-14)12-20(16-8-9-16)18(21)17-11-19-10-13(17)2/h4-7,13,16-17,19H,3,8-12H2,1-2H3. The van der Waals surface area contributed by atoms with Gasteiger partial charge >= 0.3 is 0 Å². The van der Waals surface area contributed by atoms with Gasteiger partial charge in [0, 0.05) is 19.1 Å². The number of nitrogens with zero attached hydrogens (tertiary/aromatic N) is 1. The average Bonchev–Trinajstić information content (AvgIpc) is 3.26. The zero-order valence-corrected chi connectivity index (χ0v) is 13.1. The molecule has 1 N–H and O–H groups in total. The van der Waals surface area contributed by atoms with Gasteiger partial charge < -0.3 is 10.2 Å². The molecule has 3 nitrogen and oxygen atoms in total. The first kappa shape index (κ1) is 14.6. The molecule has 2 fully saturated rings. The maximum Gasteiger partial charge on any atom is 0.227 e. The van der Waals surface area contributed by atoms with E-state index in [1.165, 1.54) is 24.0 Å². The molecule has 3 rings (SSSR count). The number of carbonyl (C=O) groups excluding carboxylic acids is 1. The van der Waals surface area contributed by atoms with Crippen molar-refractivity contribution in [3.63, 3.8) is 0 Å². The molecule has 1 aliphatic heterocycles. The van der Waals surface area contributed by atoms with Crippen LogP contribution in [-0.4, -0.2) is 29.9 Å². The summed E-state index contributed by atoms with van der Waals surface area (Å²) in [5, 5.41) is 3.35. The van der Waals surface area contributed by atoms with Crippen molar-refractivity contribution in [1.29, 1.82) is 0 Å². The summed E-state index contributed by atoms with van der Waals surface area (Å²) in [5.41, 5.74) is 2.61. The van der Waals surface area contributed by atoms with Gasteiger partial charge in [-0.2, -0.15) is 0 Å². The fourth-order valence-corrected chi connectivity index (χ4v) is 3.20. The van der Waals surface area contributed by atoms with Crippen molar-refractivity contribution in [1.82, 2.24) is 10.2 Å². The van der Waals surface area contributed by atoms with Crippen molar-refractivity contribution in [2.24, 2.45) is 11.8 Å². The Morgan fingerprint density at radius 2 is 1.86 bits per heavy atom. The number of nitrogens with one attached hydrogen (secondary N) is 1. The van der Waals surface area contributed by atoms with Gasteiger partial charge in [0.05, 0.1) is 5.92 Å². The molecule has 0 bridgehead atoms. The Kier molecular flexibility index (Phi) is 4.29. The summed E-state index contributed by atoms with van der Waals surface area (Å²) in [5.74, 6) is 0.983. The highest BCUT2D eigenvalue weighted by Gasteiger charge is 2.39. The molecular formula is C18H26N2O. The lowest BCUT2D eigenvalue weighted by molar-refractivity contribution is -0.137. The predicted octanol–water partition coefficient (Wildman–Crippen LogP) is 2.60. The third-order valence-electron chi connectivity index (χ3n) is 4.89. The average molecular weight is 286 g/mol. The van der Waals surface area contributed by atoms with Crippen LogP contribution in [0, 0.1) is 11.8 Å². The Balaban J connectivity index is 1.70. The molecule has 1 saturated heterocycles. The van der Waals surface area contributed by atoms with Crippen LogP contribution in [0.15, 0.2) is 24.3 Å². The summed E-state index contributed by atoms with van der Waals surface area (Å²) in [6.45, 7) is 6.95. The van der Waals surface area contributed by atoms with Crippen LogP contribution in [-0.2, 0) is 17.8 Å². The molecular weight excluding hydrogens is 260 g/mol. The first-order valence-corrected chi connectivity index (χ1v) is 8.28. The van der Waals surface area contributed by atoms with E-state index >= 15 is 0 Å². The Morgan fingerprint density at radius 3 is 2.38 bits per heavy atom. The maximum atomic E-state index is 12.9. The molecule has 114 valence electrons. The lowest BCUT2D eigenvalue weighted by Crippen LogP contribution is -2.39. The van der Waals surface area contributed by atoms with E-state index in [0.717, 1.165) is 26.1 Å². The van der Waals surface area contributed by atoms with Gasteiger partial charge in [-0.25, -0.2) is 0 Å². The molecule has 1 aliphatic carbocycles. The number of carbonyl (C=O) groups is 1. The largest absolute Gasteiger partial charge is 0.335 e. The Morgan fingerprint density at radius 1 is 1.19 bits per heavy atom. The van der Waals surface area contributed by atoms with E-state index in [2.05, 4.69) is 48.3 Å². The molecule has 1 aromatic carbocycles. The van der Waals surface area contributed by atoms with Crippen LogP contribution in [0.25, 0.3) is 0 Å². The quantitative estimate of drug-likeness (QED) is 0.902. The Bertz CT molecular complexity index is 492. The molecule has 1 amide bonds.